The summed E-state index contributed by atoms with van der Waals surface area (Å²) in [5.41, 5.74) is 0.535. The Labute approximate surface area is 133 Å². The fourth-order valence-electron chi connectivity index (χ4n) is 1.73. The average Bonchev–Trinajstić information content (AvgIpc) is 3.01. The predicted molar refractivity (Wildman–Crippen MR) is 79.3 cm³/mol. The quantitative estimate of drug-likeness (QED) is 0.751. The number of alkyl halides is 2. The minimum atomic E-state index is -3.15. The van der Waals surface area contributed by atoms with E-state index in [0.29, 0.717) is 5.56 Å². The zero-order valence-corrected chi connectivity index (χ0v) is 12.4. The Kier molecular flexibility index (Phi) is 5.83. The maximum Gasteiger partial charge on any atom is 0.387 e. The van der Waals surface area contributed by atoms with Crippen molar-refractivity contribution in [3.8, 4) is 5.75 Å². The highest BCUT2D eigenvalue weighted by Crippen LogP contribution is 2.27. The summed E-state index contributed by atoms with van der Waals surface area (Å²) in [5.74, 6) is -1.27. The van der Waals surface area contributed by atoms with Crippen molar-refractivity contribution in [2.75, 3.05) is 11.9 Å². The van der Waals surface area contributed by atoms with Gasteiger partial charge in [-0.05, 0) is 34.5 Å². The van der Waals surface area contributed by atoms with Crippen LogP contribution in [0.3, 0.4) is 0 Å². The summed E-state index contributed by atoms with van der Waals surface area (Å²) in [4.78, 5) is 11.7. The highest BCUT2D eigenvalue weighted by atomic mass is 32.1. The van der Waals surface area contributed by atoms with Crippen molar-refractivity contribution < 1.29 is 27.8 Å². The van der Waals surface area contributed by atoms with E-state index in [1.165, 1.54) is 11.3 Å². The maximum absolute atomic E-state index is 13.1. The number of halogens is 3. The summed E-state index contributed by atoms with van der Waals surface area (Å²) in [6, 6.07) is 3.80. The lowest BCUT2D eigenvalue weighted by Gasteiger charge is -2.14. The monoisotopic (exact) mass is 346 g/mol. The molecule has 0 aliphatic rings. The summed E-state index contributed by atoms with van der Waals surface area (Å²) in [5, 5.41) is 18.0. The molecule has 0 unspecified atom stereocenters. The molecule has 2 aromatic rings. The molecule has 0 radical (unpaired) electrons. The lowest BCUT2D eigenvalue weighted by atomic mass is 10.2. The van der Waals surface area contributed by atoms with Crippen molar-refractivity contribution in [3.05, 3.63) is 46.4 Å². The van der Waals surface area contributed by atoms with Crippen LogP contribution < -0.4 is 15.4 Å². The summed E-state index contributed by atoms with van der Waals surface area (Å²) < 4.78 is 41.8. The Morgan fingerprint density at radius 2 is 2.13 bits per heavy atom. The normalized spacial score (nSPS) is 12.0. The number of ether oxygens (including phenoxy) is 1. The second-order valence-electron chi connectivity index (χ2n) is 4.43. The van der Waals surface area contributed by atoms with Crippen molar-refractivity contribution >= 4 is 23.1 Å². The molecule has 23 heavy (non-hydrogen) atoms. The molecule has 1 heterocycles. The molecule has 0 saturated carbocycles. The standard InChI is InChI=1S/C14H13F3N2O3S/c15-9-1-2-10(12(5-9)22-13(16)17)19-14(21)18-6-11(20)8-3-4-23-7-8/h1-5,7,11,13,20H,6H2,(H2,18,19,21)/t11-/m0/s1. The number of urea groups is 1. The molecule has 9 heteroatoms. The number of hydrogen-bond donors (Lipinski definition) is 3. The number of hydrogen-bond acceptors (Lipinski definition) is 4. The summed E-state index contributed by atoms with van der Waals surface area (Å²) in [6.45, 7) is -3.23. The molecule has 0 aliphatic heterocycles. The first-order valence-corrected chi connectivity index (χ1v) is 7.39. The number of carbonyl (C=O) groups excluding carboxylic acids is 1. The van der Waals surface area contributed by atoms with Crippen LogP contribution in [0.25, 0.3) is 0 Å². The van der Waals surface area contributed by atoms with Crippen LogP contribution in [0.2, 0.25) is 0 Å². The van der Waals surface area contributed by atoms with E-state index >= 15 is 0 Å². The van der Waals surface area contributed by atoms with E-state index in [-0.39, 0.29) is 12.2 Å². The van der Waals surface area contributed by atoms with E-state index in [1.807, 2.05) is 0 Å². The number of anilines is 1. The number of rotatable bonds is 6. The molecule has 1 aromatic heterocycles. The minimum Gasteiger partial charge on any atom is -0.432 e. The van der Waals surface area contributed by atoms with Crippen molar-refractivity contribution in [2.24, 2.45) is 0 Å². The molecule has 0 bridgehead atoms. The molecule has 2 amide bonds. The van der Waals surface area contributed by atoms with Crippen molar-refractivity contribution in [1.29, 1.82) is 0 Å². The SMILES string of the molecule is O=C(NC[C@H](O)c1ccsc1)Nc1ccc(F)cc1OC(F)F. The van der Waals surface area contributed by atoms with Gasteiger partial charge >= 0.3 is 12.6 Å². The van der Waals surface area contributed by atoms with Crippen LogP contribution in [-0.4, -0.2) is 24.3 Å². The van der Waals surface area contributed by atoms with Gasteiger partial charge in [-0.15, -0.1) is 0 Å². The zero-order chi connectivity index (χ0) is 16.8. The number of aliphatic hydroxyl groups is 1. The number of thiophene rings is 1. The van der Waals surface area contributed by atoms with Gasteiger partial charge in [0.15, 0.2) is 5.75 Å². The number of aliphatic hydroxyl groups excluding tert-OH is 1. The minimum absolute atomic E-state index is 0.0746. The molecule has 124 valence electrons. The van der Waals surface area contributed by atoms with Crippen LogP contribution in [0.15, 0.2) is 35.0 Å². The Bertz CT molecular complexity index is 653. The van der Waals surface area contributed by atoms with E-state index in [1.54, 1.807) is 16.8 Å². The molecule has 5 nitrogen and oxygen atoms in total. The number of carbonyl (C=O) groups is 1. The van der Waals surface area contributed by atoms with Crippen molar-refractivity contribution in [1.82, 2.24) is 5.32 Å². The number of nitrogens with one attached hydrogen (secondary N) is 2. The molecule has 0 aliphatic carbocycles. The van der Waals surface area contributed by atoms with Crippen molar-refractivity contribution in [2.45, 2.75) is 12.7 Å². The highest BCUT2D eigenvalue weighted by Gasteiger charge is 2.14. The summed E-state index contributed by atoms with van der Waals surface area (Å²) in [6.07, 6.45) is -0.892. The van der Waals surface area contributed by atoms with Gasteiger partial charge in [0.2, 0.25) is 0 Å². The molecular formula is C14H13F3N2O3S. The van der Waals surface area contributed by atoms with Gasteiger partial charge in [-0.2, -0.15) is 20.1 Å². The first-order valence-electron chi connectivity index (χ1n) is 6.45. The lowest BCUT2D eigenvalue weighted by Crippen LogP contribution is -2.32. The lowest BCUT2D eigenvalue weighted by molar-refractivity contribution is -0.0495. The van der Waals surface area contributed by atoms with Crippen LogP contribution in [0.1, 0.15) is 11.7 Å². The summed E-state index contributed by atoms with van der Waals surface area (Å²) >= 11 is 1.40. The average molecular weight is 346 g/mol. The molecule has 0 saturated heterocycles. The highest BCUT2D eigenvalue weighted by molar-refractivity contribution is 7.07. The Balaban J connectivity index is 1.94. The maximum atomic E-state index is 13.1. The third kappa shape index (κ3) is 5.15. The van der Waals surface area contributed by atoms with Gasteiger partial charge in [0, 0.05) is 12.6 Å². The van der Waals surface area contributed by atoms with Crippen LogP contribution >= 0.6 is 11.3 Å². The molecule has 2 rings (SSSR count). The van der Waals surface area contributed by atoms with E-state index in [2.05, 4.69) is 15.4 Å². The van der Waals surface area contributed by atoms with Crippen LogP contribution in [0, 0.1) is 5.82 Å². The predicted octanol–water partition coefficient (Wildman–Crippen LogP) is 3.34. The largest absolute Gasteiger partial charge is 0.432 e. The van der Waals surface area contributed by atoms with Crippen LogP contribution in [-0.2, 0) is 0 Å². The zero-order valence-electron chi connectivity index (χ0n) is 11.6. The van der Waals surface area contributed by atoms with Gasteiger partial charge in [-0.3, -0.25) is 0 Å². The molecule has 0 fully saturated rings. The van der Waals surface area contributed by atoms with Gasteiger partial charge < -0.3 is 20.5 Å². The Hall–Kier alpha value is -2.26. The van der Waals surface area contributed by atoms with Gasteiger partial charge in [0.25, 0.3) is 0 Å². The van der Waals surface area contributed by atoms with E-state index in [4.69, 9.17) is 0 Å². The molecule has 0 spiro atoms. The smallest absolute Gasteiger partial charge is 0.387 e. The van der Waals surface area contributed by atoms with Gasteiger partial charge in [0.05, 0.1) is 11.8 Å². The van der Waals surface area contributed by atoms with Gasteiger partial charge in [-0.25, -0.2) is 9.18 Å². The molecule has 3 N–H and O–H groups in total. The fraction of sp³-hybridized carbons (Fsp3) is 0.214. The van der Waals surface area contributed by atoms with Gasteiger partial charge in [-0.1, -0.05) is 0 Å². The fourth-order valence-corrected chi connectivity index (χ4v) is 2.44. The third-order valence-electron chi connectivity index (χ3n) is 2.79. The third-order valence-corrected chi connectivity index (χ3v) is 3.49. The molecule has 1 aromatic carbocycles. The van der Waals surface area contributed by atoms with Gasteiger partial charge in [0.1, 0.15) is 5.82 Å². The number of benzene rings is 1. The van der Waals surface area contributed by atoms with Crippen molar-refractivity contribution in [3.63, 3.8) is 0 Å². The number of amides is 2. The van der Waals surface area contributed by atoms with Crippen LogP contribution in [0.5, 0.6) is 5.75 Å². The second kappa shape index (κ2) is 7.84. The van der Waals surface area contributed by atoms with E-state index < -0.39 is 30.3 Å². The first kappa shape index (κ1) is 17.1. The second-order valence-corrected chi connectivity index (χ2v) is 5.21. The Morgan fingerprint density at radius 1 is 1.35 bits per heavy atom. The molecular weight excluding hydrogens is 333 g/mol. The molecule has 1 atom stereocenters. The Morgan fingerprint density at radius 3 is 2.78 bits per heavy atom. The topological polar surface area (TPSA) is 70.6 Å². The van der Waals surface area contributed by atoms with Crippen LogP contribution in [0.4, 0.5) is 23.7 Å². The van der Waals surface area contributed by atoms with E-state index in [9.17, 15) is 23.1 Å². The summed E-state index contributed by atoms with van der Waals surface area (Å²) in [7, 11) is 0. The first-order chi connectivity index (χ1) is 11.0. The van der Waals surface area contributed by atoms with E-state index in [0.717, 1.165) is 18.2 Å².